The zero-order chi connectivity index (χ0) is 10.3. The molecule has 0 aromatic heterocycles. The zero-order valence-corrected chi connectivity index (χ0v) is 7.40. The van der Waals surface area contributed by atoms with E-state index in [1.165, 1.54) is 0 Å². The minimum Gasteiger partial charge on any atom is -0.392 e. The molecule has 0 aromatic carbocycles. The van der Waals surface area contributed by atoms with Crippen LogP contribution in [0.2, 0.25) is 0 Å². The third kappa shape index (κ3) is 11.7. The van der Waals surface area contributed by atoms with Crippen LogP contribution in [-0.2, 0) is 4.74 Å². The predicted molar refractivity (Wildman–Crippen MR) is 41.4 cm³/mol. The highest BCUT2D eigenvalue weighted by atomic mass is 19.4. The molecular weight excluding hydrogens is 187 g/mol. The Morgan fingerprint density at radius 1 is 1.46 bits per heavy atom. The number of rotatable bonds is 6. The zero-order valence-electron chi connectivity index (χ0n) is 7.40. The quantitative estimate of drug-likeness (QED) is 0.616. The maximum Gasteiger partial charge on any atom is 0.411 e. The molecule has 0 amide bonds. The van der Waals surface area contributed by atoms with Crippen molar-refractivity contribution in [3.63, 3.8) is 0 Å². The first-order valence-corrected chi connectivity index (χ1v) is 3.95. The minimum atomic E-state index is -4.26. The van der Waals surface area contributed by atoms with Crippen LogP contribution < -0.4 is 5.32 Å². The average molecular weight is 201 g/mol. The summed E-state index contributed by atoms with van der Waals surface area (Å²) in [6, 6.07) is 0. The van der Waals surface area contributed by atoms with E-state index in [2.05, 4.69) is 10.1 Å². The van der Waals surface area contributed by atoms with Crippen molar-refractivity contribution >= 4 is 0 Å². The first-order chi connectivity index (χ1) is 5.92. The topological polar surface area (TPSA) is 41.5 Å². The molecule has 1 atom stereocenters. The van der Waals surface area contributed by atoms with Crippen molar-refractivity contribution in [3.8, 4) is 0 Å². The number of hydrogen-bond donors (Lipinski definition) is 2. The molecule has 0 heterocycles. The van der Waals surface area contributed by atoms with Crippen molar-refractivity contribution in [3.05, 3.63) is 0 Å². The molecule has 0 radical (unpaired) electrons. The van der Waals surface area contributed by atoms with Gasteiger partial charge in [0.2, 0.25) is 0 Å². The summed E-state index contributed by atoms with van der Waals surface area (Å²) in [5, 5.41) is 11.5. The van der Waals surface area contributed by atoms with Crippen molar-refractivity contribution in [1.82, 2.24) is 5.32 Å². The molecule has 6 heteroatoms. The smallest absolute Gasteiger partial charge is 0.392 e. The number of alkyl halides is 3. The number of hydrogen-bond acceptors (Lipinski definition) is 3. The van der Waals surface area contributed by atoms with Crippen molar-refractivity contribution in [2.24, 2.45) is 0 Å². The van der Waals surface area contributed by atoms with Gasteiger partial charge in [0.1, 0.15) is 6.61 Å². The monoisotopic (exact) mass is 201 g/mol. The molecule has 0 fully saturated rings. The summed E-state index contributed by atoms with van der Waals surface area (Å²) in [6.45, 7) is 1.02. The minimum absolute atomic E-state index is 0.00771. The van der Waals surface area contributed by atoms with Gasteiger partial charge in [-0.1, -0.05) is 0 Å². The molecule has 3 nitrogen and oxygen atoms in total. The Bertz CT molecular complexity index is 127. The Balaban J connectivity index is 3.09. The summed E-state index contributed by atoms with van der Waals surface area (Å²) < 4.78 is 38.8. The predicted octanol–water partition coefficient (Wildman–Crippen LogP) is 0.536. The highest BCUT2D eigenvalue weighted by Crippen LogP contribution is 2.13. The summed E-state index contributed by atoms with van der Waals surface area (Å²) in [7, 11) is 0. The van der Waals surface area contributed by atoms with E-state index in [-0.39, 0.29) is 6.61 Å². The normalized spacial score (nSPS) is 14.5. The first kappa shape index (κ1) is 12.7. The summed E-state index contributed by atoms with van der Waals surface area (Å²) in [4.78, 5) is 0. The van der Waals surface area contributed by atoms with Crippen molar-refractivity contribution in [2.45, 2.75) is 19.2 Å². The van der Waals surface area contributed by atoms with Gasteiger partial charge in [-0.2, -0.15) is 13.2 Å². The van der Waals surface area contributed by atoms with Crippen molar-refractivity contribution < 1.29 is 23.0 Å². The number of nitrogens with one attached hydrogen (secondary N) is 1. The fourth-order valence-corrected chi connectivity index (χ4v) is 0.643. The second kappa shape index (κ2) is 6.17. The molecule has 0 aliphatic rings. The molecule has 13 heavy (non-hydrogen) atoms. The molecule has 0 aliphatic heterocycles. The van der Waals surface area contributed by atoms with Crippen LogP contribution >= 0.6 is 0 Å². The van der Waals surface area contributed by atoms with Gasteiger partial charge in [-0.15, -0.1) is 0 Å². The highest BCUT2D eigenvalue weighted by molar-refractivity contribution is 4.52. The van der Waals surface area contributed by atoms with E-state index in [0.29, 0.717) is 13.1 Å². The van der Waals surface area contributed by atoms with Gasteiger partial charge in [-0.05, 0) is 6.92 Å². The molecule has 0 bridgehead atoms. The van der Waals surface area contributed by atoms with Crippen LogP contribution in [0.25, 0.3) is 0 Å². The molecule has 0 unspecified atom stereocenters. The fourth-order valence-electron chi connectivity index (χ4n) is 0.643. The molecule has 0 saturated heterocycles. The summed E-state index contributed by atoms with van der Waals surface area (Å²) in [5.41, 5.74) is 0. The number of aliphatic hydroxyl groups excluding tert-OH is 1. The second-order valence-corrected chi connectivity index (χ2v) is 2.72. The van der Waals surface area contributed by atoms with Gasteiger partial charge in [-0.3, -0.25) is 0 Å². The molecule has 2 N–H and O–H groups in total. The van der Waals surface area contributed by atoms with Crippen LogP contribution in [-0.4, -0.2) is 43.7 Å². The van der Waals surface area contributed by atoms with Gasteiger partial charge in [0, 0.05) is 13.1 Å². The lowest BCUT2D eigenvalue weighted by molar-refractivity contribution is -0.173. The van der Waals surface area contributed by atoms with Gasteiger partial charge in [0.25, 0.3) is 0 Å². The van der Waals surface area contributed by atoms with E-state index >= 15 is 0 Å². The van der Waals surface area contributed by atoms with Crippen LogP contribution in [0.1, 0.15) is 6.92 Å². The third-order valence-electron chi connectivity index (χ3n) is 1.13. The molecule has 0 spiro atoms. The van der Waals surface area contributed by atoms with Crippen LogP contribution in [0.5, 0.6) is 0 Å². The standard InChI is InChI=1S/C7H14F3NO2/c1-6(12)4-11-2-3-13-5-7(8,9)10/h6,11-12H,2-5H2,1H3/t6-/m0/s1. The lowest BCUT2D eigenvalue weighted by atomic mass is 10.4. The van der Waals surface area contributed by atoms with E-state index < -0.39 is 18.9 Å². The first-order valence-electron chi connectivity index (χ1n) is 3.95. The number of ether oxygens (including phenoxy) is 1. The van der Waals surface area contributed by atoms with E-state index in [1.54, 1.807) is 6.92 Å². The maximum atomic E-state index is 11.5. The second-order valence-electron chi connectivity index (χ2n) is 2.72. The Morgan fingerprint density at radius 3 is 2.54 bits per heavy atom. The van der Waals surface area contributed by atoms with Crippen molar-refractivity contribution in [2.75, 3.05) is 26.3 Å². The summed E-state index contributed by atoms with van der Waals surface area (Å²) >= 11 is 0. The van der Waals surface area contributed by atoms with Crippen LogP contribution in [0.15, 0.2) is 0 Å². The molecule has 0 rings (SSSR count). The summed E-state index contributed by atoms with van der Waals surface area (Å²) in [6.07, 6.45) is -4.76. The maximum absolute atomic E-state index is 11.5. The molecule has 0 saturated carbocycles. The molecule has 0 aliphatic carbocycles. The van der Waals surface area contributed by atoms with Gasteiger partial charge in [0.15, 0.2) is 0 Å². The van der Waals surface area contributed by atoms with E-state index in [0.717, 1.165) is 0 Å². The molecule has 80 valence electrons. The largest absolute Gasteiger partial charge is 0.411 e. The summed E-state index contributed by atoms with van der Waals surface area (Å²) in [5.74, 6) is 0. The van der Waals surface area contributed by atoms with Crippen LogP contribution in [0.4, 0.5) is 13.2 Å². The fraction of sp³-hybridized carbons (Fsp3) is 1.00. The Labute approximate surface area is 74.9 Å². The van der Waals surface area contributed by atoms with E-state index in [9.17, 15) is 13.2 Å². The lowest BCUT2D eigenvalue weighted by Gasteiger charge is -2.09. The van der Waals surface area contributed by atoms with E-state index in [1.807, 2.05) is 0 Å². The Morgan fingerprint density at radius 2 is 2.08 bits per heavy atom. The third-order valence-corrected chi connectivity index (χ3v) is 1.13. The van der Waals surface area contributed by atoms with E-state index in [4.69, 9.17) is 5.11 Å². The lowest BCUT2D eigenvalue weighted by Crippen LogP contribution is -2.29. The Hall–Kier alpha value is -0.330. The van der Waals surface area contributed by atoms with Gasteiger partial charge in [0.05, 0.1) is 12.7 Å². The Kier molecular flexibility index (Phi) is 6.02. The molecular formula is C7H14F3NO2. The number of aliphatic hydroxyl groups is 1. The molecule has 0 aromatic rings. The van der Waals surface area contributed by atoms with Gasteiger partial charge in [-0.25, -0.2) is 0 Å². The van der Waals surface area contributed by atoms with Crippen molar-refractivity contribution in [1.29, 1.82) is 0 Å². The average Bonchev–Trinajstić information content (AvgIpc) is 1.93. The van der Waals surface area contributed by atoms with Gasteiger partial charge < -0.3 is 15.2 Å². The highest BCUT2D eigenvalue weighted by Gasteiger charge is 2.27. The number of halogens is 3. The van der Waals surface area contributed by atoms with Crippen LogP contribution in [0, 0.1) is 0 Å². The SMILES string of the molecule is C[C@H](O)CNCCOCC(F)(F)F. The van der Waals surface area contributed by atoms with Gasteiger partial charge >= 0.3 is 6.18 Å². The van der Waals surface area contributed by atoms with Crippen LogP contribution in [0.3, 0.4) is 0 Å².